The zero-order valence-corrected chi connectivity index (χ0v) is 22.5. The predicted molar refractivity (Wildman–Crippen MR) is 154 cm³/mol. The minimum atomic E-state index is -0.744. The summed E-state index contributed by atoms with van der Waals surface area (Å²) in [6.45, 7) is 2.83. The van der Waals surface area contributed by atoms with Crippen molar-refractivity contribution < 1.29 is 18.8 Å². The van der Waals surface area contributed by atoms with Crippen LogP contribution in [0, 0.1) is 5.82 Å². The quantitative estimate of drug-likeness (QED) is 0.275. The summed E-state index contributed by atoms with van der Waals surface area (Å²) in [6.07, 6.45) is 0.936. The molecule has 0 spiro atoms. The Kier molecular flexibility index (Phi) is 8.20. The lowest BCUT2D eigenvalue weighted by molar-refractivity contribution is -0.141. The molecule has 0 fully saturated rings. The van der Waals surface area contributed by atoms with Crippen molar-refractivity contribution in [3.05, 3.63) is 114 Å². The Morgan fingerprint density at radius 1 is 0.900 bits per heavy atom. The van der Waals surface area contributed by atoms with Crippen LogP contribution in [0.5, 0.6) is 0 Å². The van der Waals surface area contributed by atoms with Gasteiger partial charge in [-0.15, -0.1) is 0 Å². The average molecular weight is 538 g/mol. The molecule has 4 aromatic rings. The SMILES string of the molecule is CCNC(=O)C(Cc1ccccc1)N(Cc1ccc(F)cc1)C(=O)CCCN1C(=O)c2cccc3cccc1c23. The maximum Gasteiger partial charge on any atom is 0.258 e. The van der Waals surface area contributed by atoms with E-state index in [1.807, 2.05) is 73.7 Å². The lowest BCUT2D eigenvalue weighted by Crippen LogP contribution is -2.50. The summed E-state index contributed by atoms with van der Waals surface area (Å²) in [5, 5.41) is 4.83. The molecule has 0 saturated carbocycles. The molecule has 5 rings (SSSR count). The van der Waals surface area contributed by atoms with Crippen molar-refractivity contribution in [3.8, 4) is 0 Å². The van der Waals surface area contributed by atoms with Crippen molar-refractivity contribution in [1.82, 2.24) is 10.2 Å². The number of amides is 3. The fourth-order valence-corrected chi connectivity index (χ4v) is 5.37. The Labute approximate surface area is 233 Å². The van der Waals surface area contributed by atoms with Crippen LogP contribution < -0.4 is 10.2 Å². The number of carbonyl (C=O) groups is 3. The van der Waals surface area contributed by atoms with Crippen molar-refractivity contribution in [3.63, 3.8) is 0 Å². The maximum atomic E-state index is 13.8. The number of likely N-dealkylation sites (N-methyl/N-ethyl adjacent to an activating group) is 1. The van der Waals surface area contributed by atoms with Crippen molar-refractivity contribution in [2.75, 3.05) is 18.0 Å². The van der Waals surface area contributed by atoms with E-state index in [9.17, 15) is 18.8 Å². The molecule has 40 heavy (non-hydrogen) atoms. The number of halogens is 1. The van der Waals surface area contributed by atoms with Crippen molar-refractivity contribution in [2.24, 2.45) is 0 Å². The number of hydrogen-bond donors (Lipinski definition) is 1. The van der Waals surface area contributed by atoms with Gasteiger partial charge in [0.25, 0.3) is 5.91 Å². The van der Waals surface area contributed by atoms with E-state index in [0.29, 0.717) is 31.5 Å². The third-order valence-corrected chi connectivity index (χ3v) is 7.31. The van der Waals surface area contributed by atoms with E-state index in [0.717, 1.165) is 27.6 Å². The number of benzene rings is 4. The van der Waals surface area contributed by atoms with Gasteiger partial charge in [0.15, 0.2) is 0 Å². The second-order valence-electron chi connectivity index (χ2n) is 9.99. The Morgan fingerprint density at radius 3 is 2.35 bits per heavy atom. The highest BCUT2D eigenvalue weighted by Gasteiger charge is 2.32. The second kappa shape index (κ2) is 12.1. The summed E-state index contributed by atoms with van der Waals surface area (Å²) < 4.78 is 13.6. The molecule has 0 aromatic heterocycles. The molecule has 7 heteroatoms. The molecule has 1 atom stereocenters. The lowest BCUT2D eigenvalue weighted by atomic mass is 10.0. The average Bonchev–Trinajstić information content (AvgIpc) is 3.24. The summed E-state index contributed by atoms with van der Waals surface area (Å²) in [7, 11) is 0. The topological polar surface area (TPSA) is 69.7 Å². The highest BCUT2D eigenvalue weighted by Crippen LogP contribution is 2.37. The maximum absolute atomic E-state index is 13.8. The highest BCUT2D eigenvalue weighted by molar-refractivity contribution is 6.25. The van der Waals surface area contributed by atoms with Crippen molar-refractivity contribution in [1.29, 1.82) is 0 Å². The lowest BCUT2D eigenvalue weighted by Gasteiger charge is -2.32. The van der Waals surface area contributed by atoms with Gasteiger partial charge in [-0.2, -0.15) is 0 Å². The van der Waals surface area contributed by atoms with Gasteiger partial charge in [-0.3, -0.25) is 14.4 Å². The van der Waals surface area contributed by atoms with Crippen LogP contribution >= 0.6 is 0 Å². The van der Waals surface area contributed by atoms with Gasteiger partial charge in [-0.1, -0.05) is 66.7 Å². The largest absolute Gasteiger partial charge is 0.355 e. The summed E-state index contributed by atoms with van der Waals surface area (Å²) in [5.41, 5.74) is 3.20. The van der Waals surface area contributed by atoms with Gasteiger partial charge in [0.1, 0.15) is 11.9 Å². The molecule has 6 nitrogen and oxygen atoms in total. The van der Waals surface area contributed by atoms with Crippen LogP contribution in [0.3, 0.4) is 0 Å². The third-order valence-electron chi connectivity index (χ3n) is 7.31. The molecule has 1 N–H and O–H groups in total. The Balaban J connectivity index is 1.36. The van der Waals surface area contributed by atoms with E-state index < -0.39 is 6.04 Å². The molecule has 204 valence electrons. The summed E-state index contributed by atoms with van der Waals surface area (Å²) in [4.78, 5) is 43.6. The number of nitrogens with zero attached hydrogens (tertiary/aromatic N) is 2. The fraction of sp³-hybridized carbons (Fsp3) is 0.242. The number of hydrogen-bond acceptors (Lipinski definition) is 3. The fourth-order valence-electron chi connectivity index (χ4n) is 5.37. The van der Waals surface area contributed by atoms with E-state index >= 15 is 0 Å². The molecule has 4 aromatic carbocycles. The van der Waals surface area contributed by atoms with Crippen molar-refractivity contribution in [2.45, 2.75) is 38.8 Å². The Morgan fingerprint density at radius 2 is 1.62 bits per heavy atom. The molecule has 1 aliphatic rings. The summed E-state index contributed by atoms with van der Waals surface area (Å²) >= 11 is 0. The minimum absolute atomic E-state index is 0.0632. The first kappa shape index (κ1) is 27.1. The van der Waals surface area contributed by atoms with Gasteiger partial charge >= 0.3 is 0 Å². The van der Waals surface area contributed by atoms with E-state index in [4.69, 9.17) is 0 Å². The molecular formula is C33H32FN3O3. The first-order valence-electron chi connectivity index (χ1n) is 13.7. The van der Waals surface area contributed by atoms with Gasteiger partial charge in [0, 0.05) is 43.4 Å². The number of nitrogens with one attached hydrogen (secondary N) is 1. The monoisotopic (exact) mass is 537 g/mol. The number of rotatable bonds is 11. The van der Waals surface area contributed by atoms with Crippen LogP contribution in [-0.4, -0.2) is 41.8 Å². The smallest absolute Gasteiger partial charge is 0.258 e. The molecule has 3 amide bonds. The predicted octanol–water partition coefficient (Wildman–Crippen LogP) is 5.50. The van der Waals surface area contributed by atoms with Crippen LogP contribution in [0.2, 0.25) is 0 Å². The van der Waals surface area contributed by atoms with Crippen LogP contribution in [0.25, 0.3) is 10.8 Å². The molecule has 0 radical (unpaired) electrons. The molecule has 0 saturated heterocycles. The van der Waals surface area contributed by atoms with Crippen LogP contribution in [-0.2, 0) is 22.6 Å². The third kappa shape index (κ3) is 5.73. The van der Waals surface area contributed by atoms with Gasteiger partial charge in [-0.25, -0.2) is 4.39 Å². The van der Waals surface area contributed by atoms with E-state index in [2.05, 4.69) is 5.32 Å². The molecular weight excluding hydrogens is 505 g/mol. The molecule has 0 bridgehead atoms. The normalized spacial score (nSPS) is 12.9. The first-order chi connectivity index (χ1) is 19.5. The van der Waals surface area contributed by atoms with Crippen molar-refractivity contribution >= 4 is 34.2 Å². The van der Waals surface area contributed by atoms with Crippen LogP contribution in [0.4, 0.5) is 10.1 Å². The van der Waals surface area contributed by atoms with Gasteiger partial charge in [0.2, 0.25) is 11.8 Å². The first-order valence-corrected chi connectivity index (χ1v) is 13.7. The number of anilines is 1. The van der Waals surface area contributed by atoms with Gasteiger partial charge in [0.05, 0.1) is 5.69 Å². The zero-order chi connectivity index (χ0) is 28.1. The van der Waals surface area contributed by atoms with Crippen LogP contribution in [0.1, 0.15) is 41.3 Å². The van der Waals surface area contributed by atoms with Gasteiger partial charge in [-0.05, 0) is 54.1 Å². The second-order valence-corrected chi connectivity index (χ2v) is 9.99. The molecule has 1 unspecified atom stereocenters. The van der Waals surface area contributed by atoms with Gasteiger partial charge < -0.3 is 15.1 Å². The molecule has 0 aliphatic carbocycles. The van der Waals surface area contributed by atoms with E-state index in [-0.39, 0.29) is 36.5 Å². The zero-order valence-electron chi connectivity index (χ0n) is 22.5. The summed E-state index contributed by atoms with van der Waals surface area (Å²) in [5.74, 6) is -0.860. The summed E-state index contributed by atoms with van der Waals surface area (Å²) in [6, 6.07) is 26.4. The minimum Gasteiger partial charge on any atom is -0.355 e. The standard InChI is InChI=1S/C33H32FN3O3/c1-2-35-32(39)29(21-23-9-4-3-5-10-23)37(22-24-16-18-26(34)19-17-24)30(38)15-8-20-36-28-14-7-12-25-11-6-13-27(31(25)28)33(36)40/h3-7,9-14,16-19,29H,2,8,15,20-22H2,1H3,(H,35,39). The number of carbonyl (C=O) groups excluding carboxylic acids is 3. The molecule has 1 aliphatic heterocycles. The Hall–Kier alpha value is -4.52. The highest BCUT2D eigenvalue weighted by atomic mass is 19.1. The Bertz CT molecular complexity index is 1520. The van der Waals surface area contributed by atoms with Crippen LogP contribution in [0.15, 0.2) is 91.0 Å². The molecule has 1 heterocycles. The van der Waals surface area contributed by atoms with E-state index in [1.54, 1.807) is 21.9 Å². The van der Waals surface area contributed by atoms with E-state index in [1.165, 1.54) is 12.1 Å².